The predicted molar refractivity (Wildman–Crippen MR) is 83.2 cm³/mol. The highest BCUT2D eigenvalue weighted by Gasteiger charge is 2.21. The van der Waals surface area contributed by atoms with Crippen molar-refractivity contribution in [2.45, 2.75) is 39.2 Å². The van der Waals surface area contributed by atoms with Crippen LogP contribution in [0.1, 0.15) is 44.0 Å². The number of hydrogen-bond donors (Lipinski definition) is 1. The minimum Gasteiger partial charge on any atom is -0.347 e. The summed E-state index contributed by atoms with van der Waals surface area (Å²) in [6, 6.07) is 7.55. The number of pyridine rings is 1. The van der Waals surface area contributed by atoms with Gasteiger partial charge < -0.3 is 5.32 Å². The fourth-order valence-electron chi connectivity index (χ4n) is 2.40. The number of carbonyl (C=O) groups is 1. The summed E-state index contributed by atoms with van der Waals surface area (Å²) >= 11 is 6.07. The van der Waals surface area contributed by atoms with Crippen LogP contribution in [0.2, 0.25) is 5.15 Å². The van der Waals surface area contributed by atoms with Gasteiger partial charge in [-0.15, -0.1) is 0 Å². The molecule has 0 bridgehead atoms. The van der Waals surface area contributed by atoms with Crippen molar-refractivity contribution in [1.29, 1.82) is 0 Å². The standard InChI is InChI=1S/C16H19ClN2O/c1-4-9-16(2,3)19-15(20)13-10-18-14(17)12-8-6-5-7-11(12)13/h5-8,10H,4,9H2,1-3H3,(H,19,20). The van der Waals surface area contributed by atoms with E-state index in [-0.39, 0.29) is 11.4 Å². The van der Waals surface area contributed by atoms with Crippen LogP contribution in [0.4, 0.5) is 0 Å². The molecule has 0 aliphatic rings. The molecule has 0 aliphatic carbocycles. The molecule has 106 valence electrons. The minimum absolute atomic E-state index is 0.108. The van der Waals surface area contributed by atoms with Crippen LogP contribution in [0.15, 0.2) is 30.5 Å². The molecule has 0 aliphatic heterocycles. The van der Waals surface area contributed by atoms with Crippen LogP contribution in [-0.2, 0) is 0 Å². The van der Waals surface area contributed by atoms with Gasteiger partial charge in [0.15, 0.2) is 0 Å². The summed E-state index contributed by atoms with van der Waals surface area (Å²) in [7, 11) is 0. The van der Waals surface area contributed by atoms with E-state index >= 15 is 0 Å². The number of carbonyl (C=O) groups excluding carboxylic acids is 1. The van der Waals surface area contributed by atoms with Gasteiger partial charge in [0.1, 0.15) is 5.15 Å². The zero-order valence-electron chi connectivity index (χ0n) is 12.0. The first-order chi connectivity index (χ1) is 9.44. The largest absolute Gasteiger partial charge is 0.347 e. The lowest BCUT2D eigenvalue weighted by Crippen LogP contribution is -2.43. The molecule has 1 heterocycles. The van der Waals surface area contributed by atoms with Gasteiger partial charge in [0, 0.05) is 17.1 Å². The van der Waals surface area contributed by atoms with Crippen molar-refractivity contribution in [3.8, 4) is 0 Å². The number of nitrogens with zero attached hydrogens (tertiary/aromatic N) is 1. The second-order valence-corrected chi connectivity index (χ2v) is 5.95. The average Bonchev–Trinajstić information content (AvgIpc) is 2.38. The Hall–Kier alpha value is -1.61. The third kappa shape index (κ3) is 3.10. The van der Waals surface area contributed by atoms with Gasteiger partial charge in [-0.25, -0.2) is 4.98 Å². The summed E-state index contributed by atoms with van der Waals surface area (Å²) in [5.74, 6) is -0.108. The lowest BCUT2D eigenvalue weighted by molar-refractivity contribution is 0.0910. The highest BCUT2D eigenvalue weighted by atomic mass is 35.5. The average molecular weight is 291 g/mol. The van der Waals surface area contributed by atoms with Crippen molar-refractivity contribution >= 4 is 28.3 Å². The SMILES string of the molecule is CCCC(C)(C)NC(=O)c1cnc(Cl)c2ccccc12. The molecule has 1 aromatic carbocycles. The molecule has 0 radical (unpaired) electrons. The van der Waals surface area contributed by atoms with Crippen molar-refractivity contribution in [3.63, 3.8) is 0 Å². The number of fused-ring (bicyclic) bond motifs is 1. The third-order valence-electron chi connectivity index (χ3n) is 3.32. The molecule has 0 atom stereocenters. The van der Waals surface area contributed by atoms with Gasteiger partial charge in [-0.2, -0.15) is 0 Å². The minimum atomic E-state index is -0.230. The molecular weight excluding hydrogens is 272 g/mol. The van der Waals surface area contributed by atoms with E-state index in [0.29, 0.717) is 10.7 Å². The van der Waals surface area contributed by atoms with E-state index in [2.05, 4.69) is 17.2 Å². The molecule has 2 rings (SSSR count). The highest BCUT2D eigenvalue weighted by Crippen LogP contribution is 2.24. The van der Waals surface area contributed by atoms with Crippen LogP contribution in [0.3, 0.4) is 0 Å². The molecule has 3 nitrogen and oxygen atoms in total. The first kappa shape index (κ1) is 14.8. The summed E-state index contributed by atoms with van der Waals surface area (Å²) in [6.07, 6.45) is 3.49. The number of hydrogen-bond acceptors (Lipinski definition) is 2. The molecule has 0 fully saturated rings. The molecule has 0 unspecified atom stereocenters. The Bertz CT molecular complexity index is 637. The Balaban J connectivity index is 2.38. The molecule has 0 saturated heterocycles. The fourth-order valence-corrected chi connectivity index (χ4v) is 2.61. The summed E-state index contributed by atoms with van der Waals surface area (Å²) in [5.41, 5.74) is 0.334. The number of nitrogens with one attached hydrogen (secondary N) is 1. The normalized spacial score (nSPS) is 11.6. The first-order valence-corrected chi connectivity index (χ1v) is 7.18. The zero-order valence-corrected chi connectivity index (χ0v) is 12.8. The number of benzene rings is 1. The number of rotatable bonds is 4. The van der Waals surface area contributed by atoms with Gasteiger partial charge in [0.05, 0.1) is 5.56 Å². The highest BCUT2D eigenvalue weighted by molar-refractivity contribution is 6.34. The van der Waals surface area contributed by atoms with Crippen LogP contribution in [0.25, 0.3) is 10.8 Å². The van der Waals surface area contributed by atoms with E-state index in [1.807, 2.05) is 38.1 Å². The molecule has 1 N–H and O–H groups in total. The second kappa shape index (κ2) is 5.80. The molecule has 1 aromatic heterocycles. The number of aromatic nitrogens is 1. The maximum Gasteiger partial charge on any atom is 0.253 e. The quantitative estimate of drug-likeness (QED) is 0.858. The summed E-state index contributed by atoms with van der Waals surface area (Å²) < 4.78 is 0. The van der Waals surface area contributed by atoms with Gasteiger partial charge in [-0.05, 0) is 25.7 Å². The molecular formula is C16H19ClN2O. The smallest absolute Gasteiger partial charge is 0.253 e. The zero-order chi connectivity index (χ0) is 14.8. The Morgan fingerprint density at radius 2 is 1.95 bits per heavy atom. The van der Waals surface area contributed by atoms with Crippen LogP contribution in [-0.4, -0.2) is 16.4 Å². The van der Waals surface area contributed by atoms with Crippen LogP contribution < -0.4 is 5.32 Å². The van der Waals surface area contributed by atoms with Crippen LogP contribution in [0, 0.1) is 0 Å². The number of amides is 1. The van der Waals surface area contributed by atoms with Gasteiger partial charge in [-0.1, -0.05) is 49.2 Å². The topological polar surface area (TPSA) is 42.0 Å². The number of halogens is 1. The van der Waals surface area contributed by atoms with E-state index in [4.69, 9.17) is 11.6 Å². The summed E-state index contributed by atoms with van der Waals surface area (Å²) in [4.78, 5) is 16.6. The van der Waals surface area contributed by atoms with Crippen molar-refractivity contribution < 1.29 is 4.79 Å². The van der Waals surface area contributed by atoms with E-state index in [1.165, 1.54) is 0 Å². The fraction of sp³-hybridized carbons (Fsp3) is 0.375. The van der Waals surface area contributed by atoms with Crippen LogP contribution >= 0.6 is 11.6 Å². The summed E-state index contributed by atoms with van der Waals surface area (Å²) in [6.45, 7) is 6.16. The van der Waals surface area contributed by atoms with Crippen LogP contribution in [0.5, 0.6) is 0 Å². The predicted octanol–water partition coefficient (Wildman–Crippen LogP) is 4.20. The first-order valence-electron chi connectivity index (χ1n) is 6.80. The molecule has 4 heteroatoms. The lowest BCUT2D eigenvalue weighted by Gasteiger charge is -2.26. The lowest BCUT2D eigenvalue weighted by atomic mass is 9.98. The maximum atomic E-state index is 12.5. The second-order valence-electron chi connectivity index (χ2n) is 5.60. The molecule has 0 saturated carbocycles. The maximum absolute atomic E-state index is 12.5. The van der Waals surface area contributed by atoms with E-state index < -0.39 is 0 Å². The Morgan fingerprint density at radius 3 is 2.60 bits per heavy atom. The third-order valence-corrected chi connectivity index (χ3v) is 3.62. The molecule has 2 aromatic rings. The van der Waals surface area contributed by atoms with Gasteiger partial charge in [-0.3, -0.25) is 4.79 Å². The van der Waals surface area contributed by atoms with Gasteiger partial charge in [0.25, 0.3) is 5.91 Å². The van der Waals surface area contributed by atoms with Crippen molar-refractivity contribution in [3.05, 3.63) is 41.2 Å². The van der Waals surface area contributed by atoms with Gasteiger partial charge in [0.2, 0.25) is 0 Å². The van der Waals surface area contributed by atoms with Crippen molar-refractivity contribution in [2.24, 2.45) is 0 Å². The monoisotopic (exact) mass is 290 g/mol. The van der Waals surface area contributed by atoms with Crippen molar-refractivity contribution in [1.82, 2.24) is 10.3 Å². The Kier molecular flexibility index (Phi) is 4.29. The van der Waals surface area contributed by atoms with E-state index in [1.54, 1.807) is 6.20 Å². The molecule has 0 spiro atoms. The van der Waals surface area contributed by atoms with E-state index in [0.717, 1.165) is 23.6 Å². The Labute approximate surface area is 124 Å². The van der Waals surface area contributed by atoms with E-state index in [9.17, 15) is 4.79 Å². The Morgan fingerprint density at radius 1 is 1.30 bits per heavy atom. The molecule has 20 heavy (non-hydrogen) atoms. The van der Waals surface area contributed by atoms with Crippen molar-refractivity contribution in [2.75, 3.05) is 0 Å². The van der Waals surface area contributed by atoms with Gasteiger partial charge >= 0.3 is 0 Å². The molecule has 1 amide bonds. The summed E-state index contributed by atoms with van der Waals surface area (Å²) in [5, 5.41) is 5.12.